The van der Waals surface area contributed by atoms with Gasteiger partial charge in [-0.3, -0.25) is 0 Å². The molecule has 2 heteroatoms. The van der Waals surface area contributed by atoms with E-state index in [-0.39, 0.29) is 5.41 Å². The lowest BCUT2D eigenvalue weighted by Gasteiger charge is -2.28. The molecule has 2 nitrogen and oxygen atoms in total. The highest BCUT2D eigenvalue weighted by Crippen LogP contribution is 2.29. The Bertz CT molecular complexity index is 216. The summed E-state index contributed by atoms with van der Waals surface area (Å²) >= 11 is 0. The van der Waals surface area contributed by atoms with Crippen LogP contribution in [-0.4, -0.2) is 6.54 Å². The van der Waals surface area contributed by atoms with E-state index < -0.39 is 0 Å². The Morgan fingerprint density at radius 1 is 1.38 bits per heavy atom. The van der Waals surface area contributed by atoms with Gasteiger partial charge in [0.15, 0.2) is 0 Å². The highest BCUT2D eigenvalue weighted by Gasteiger charge is 2.25. The lowest BCUT2D eigenvalue weighted by Crippen LogP contribution is -2.31. The molecule has 1 aromatic rings. The molecule has 0 unspecified atom stereocenters. The van der Waals surface area contributed by atoms with Crippen molar-refractivity contribution in [2.75, 3.05) is 6.54 Å². The summed E-state index contributed by atoms with van der Waals surface area (Å²) in [6, 6.07) is 3.96. The van der Waals surface area contributed by atoms with E-state index in [9.17, 15) is 0 Å². The molecule has 74 valence electrons. The fourth-order valence-electron chi connectivity index (χ4n) is 1.64. The predicted octanol–water partition coefficient (Wildman–Crippen LogP) is 2.59. The maximum absolute atomic E-state index is 5.80. The van der Waals surface area contributed by atoms with Crippen LogP contribution in [0.1, 0.15) is 32.4 Å². The van der Waals surface area contributed by atoms with Crippen LogP contribution in [0, 0.1) is 5.41 Å². The smallest absolute Gasteiger partial charge is 0.104 e. The topological polar surface area (TPSA) is 39.2 Å². The third-order valence-corrected chi connectivity index (χ3v) is 3.06. The quantitative estimate of drug-likeness (QED) is 0.758. The molecule has 0 radical (unpaired) electrons. The Morgan fingerprint density at radius 2 is 2.08 bits per heavy atom. The zero-order valence-electron chi connectivity index (χ0n) is 8.55. The molecule has 0 fully saturated rings. The number of rotatable bonds is 5. The zero-order valence-corrected chi connectivity index (χ0v) is 8.55. The molecule has 13 heavy (non-hydrogen) atoms. The van der Waals surface area contributed by atoms with Crippen LogP contribution in [-0.2, 0) is 6.42 Å². The van der Waals surface area contributed by atoms with Gasteiger partial charge in [0.2, 0.25) is 0 Å². The van der Waals surface area contributed by atoms with Crippen molar-refractivity contribution in [3.05, 3.63) is 24.2 Å². The molecule has 0 atom stereocenters. The first-order valence-electron chi connectivity index (χ1n) is 4.99. The zero-order chi connectivity index (χ0) is 9.73. The summed E-state index contributed by atoms with van der Waals surface area (Å²) < 4.78 is 5.34. The number of furan rings is 1. The van der Waals surface area contributed by atoms with Gasteiger partial charge in [0.1, 0.15) is 5.76 Å². The molecular weight excluding hydrogens is 162 g/mol. The fraction of sp³-hybridized carbons (Fsp3) is 0.636. The van der Waals surface area contributed by atoms with Gasteiger partial charge in [0.05, 0.1) is 6.26 Å². The van der Waals surface area contributed by atoms with Crippen molar-refractivity contribution in [2.24, 2.45) is 11.1 Å². The van der Waals surface area contributed by atoms with E-state index in [1.165, 1.54) is 0 Å². The van der Waals surface area contributed by atoms with E-state index in [0.29, 0.717) is 0 Å². The molecule has 0 aliphatic carbocycles. The van der Waals surface area contributed by atoms with Crippen LogP contribution < -0.4 is 5.73 Å². The normalized spacial score (nSPS) is 11.9. The average Bonchev–Trinajstić information content (AvgIpc) is 2.67. The highest BCUT2D eigenvalue weighted by molar-refractivity contribution is 5.02. The van der Waals surface area contributed by atoms with Crippen LogP contribution >= 0.6 is 0 Å². The molecule has 1 aromatic heterocycles. The van der Waals surface area contributed by atoms with Crippen molar-refractivity contribution in [2.45, 2.75) is 33.1 Å². The van der Waals surface area contributed by atoms with Gasteiger partial charge in [-0.2, -0.15) is 0 Å². The first-order valence-corrected chi connectivity index (χ1v) is 4.99. The molecule has 0 spiro atoms. The van der Waals surface area contributed by atoms with Crippen LogP contribution in [0.5, 0.6) is 0 Å². The second-order valence-corrected chi connectivity index (χ2v) is 3.67. The fourth-order valence-corrected chi connectivity index (χ4v) is 1.64. The summed E-state index contributed by atoms with van der Waals surface area (Å²) in [6.45, 7) is 5.12. The Hall–Kier alpha value is -0.760. The Kier molecular flexibility index (Phi) is 3.55. The Morgan fingerprint density at radius 3 is 2.46 bits per heavy atom. The van der Waals surface area contributed by atoms with E-state index in [0.717, 1.165) is 31.6 Å². The van der Waals surface area contributed by atoms with E-state index in [4.69, 9.17) is 10.2 Å². The van der Waals surface area contributed by atoms with Crippen molar-refractivity contribution in [3.8, 4) is 0 Å². The highest BCUT2D eigenvalue weighted by atomic mass is 16.3. The van der Waals surface area contributed by atoms with E-state index in [1.54, 1.807) is 6.26 Å². The number of hydrogen-bond donors (Lipinski definition) is 1. The van der Waals surface area contributed by atoms with Crippen molar-refractivity contribution in [1.29, 1.82) is 0 Å². The van der Waals surface area contributed by atoms with E-state index >= 15 is 0 Å². The van der Waals surface area contributed by atoms with Crippen LogP contribution in [0.25, 0.3) is 0 Å². The van der Waals surface area contributed by atoms with Crippen molar-refractivity contribution >= 4 is 0 Å². The molecule has 0 aliphatic rings. The van der Waals surface area contributed by atoms with Gasteiger partial charge in [-0.25, -0.2) is 0 Å². The second kappa shape index (κ2) is 4.47. The third-order valence-electron chi connectivity index (χ3n) is 3.06. The second-order valence-electron chi connectivity index (χ2n) is 3.67. The molecule has 1 heterocycles. The summed E-state index contributed by atoms with van der Waals surface area (Å²) in [5.41, 5.74) is 6.04. The Balaban J connectivity index is 2.67. The molecule has 0 aromatic carbocycles. The minimum atomic E-state index is 0.234. The van der Waals surface area contributed by atoms with Gasteiger partial charge in [0.25, 0.3) is 0 Å². The van der Waals surface area contributed by atoms with Gasteiger partial charge in [-0.15, -0.1) is 0 Å². The monoisotopic (exact) mass is 181 g/mol. The third kappa shape index (κ3) is 2.34. The lowest BCUT2D eigenvalue weighted by atomic mass is 9.78. The van der Waals surface area contributed by atoms with Crippen LogP contribution in [0.4, 0.5) is 0 Å². The summed E-state index contributed by atoms with van der Waals surface area (Å²) in [5, 5.41) is 0. The van der Waals surface area contributed by atoms with Gasteiger partial charge >= 0.3 is 0 Å². The van der Waals surface area contributed by atoms with Gasteiger partial charge in [-0.05, 0) is 36.9 Å². The van der Waals surface area contributed by atoms with E-state index in [2.05, 4.69) is 13.8 Å². The molecule has 0 saturated heterocycles. The minimum Gasteiger partial charge on any atom is -0.469 e. The van der Waals surface area contributed by atoms with Crippen LogP contribution in [0.3, 0.4) is 0 Å². The van der Waals surface area contributed by atoms with Gasteiger partial charge in [0, 0.05) is 6.42 Å². The molecule has 0 bridgehead atoms. The summed E-state index contributed by atoms with van der Waals surface area (Å²) in [5.74, 6) is 1.05. The molecule has 0 amide bonds. The van der Waals surface area contributed by atoms with Gasteiger partial charge < -0.3 is 10.2 Å². The van der Waals surface area contributed by atoms with Crippen LogP contribution in [0.15, 0.2) is 22.8 Å². The molecular formula is C11H19NO. The largest absolute Gasteiger partial charge is 0.469 e. The number of hydrogen-bond acceptors (Lipinski definition) is 2. The molecule has 2 N–H and O–H groups in total. The van der Waals surface area contributed by atoms with Gasteiger partial charge in [-0.1, -0.05) is 13.8 Å². The number of nitrogens with two attached hydrogens (primary N) is 1. The first kappa shape index (κ1) is 10.3. The molecule has 1 rings (SSSR count). The maximum atomic E-state index is 5.80. The van der Waals surface area contributed by atoms with Crippen LogP contribution in [0.2, 0.25) is 0 Å². The SMILES string of the molecule is CCC(CC)(CN)Cc1ccco1. The minimum absolute atomic E-state index is 0.234. The summed E-state index contributed by atoms with van der Waals surface area (Å²) in [4.78, 5) is 0. The summed E-state index contributed by atoms with van der Waals surface area (Å²) in [7, 11) is 0. The van der Waals surface area contributed by atoms with Crippen molar-refractivity contribution < 1.29 is 4.42 Å². The molecule has 0 saturated carbocycles. The predicted molar refractivity (Wildman–Crippen MR) is 54.5 cm³/mol. The summed E-state index contributed by atoms with van der Waals surface area (Å²) in [6.07, 6.45) is 4.91. The average molecular weight is 181 g/mol. The Labute approximate surface area is 80.1 Å². The maximum Gasteiger partial charge on any atom is 0.104 e. The standard InChI is InChI=1S/C11H19NO/c1-3-11(4-2,9-12)8-10-6-5-7-13-10/h5-7H,3-4,8-9,12H2,1-2H3. The lowest BCUT2D eigenvalue weighted by molar-refractivity contribution is 0.251. The van der Waals surface area contributed by atoms with Crippen molar-refractivity contribution in [1.82, 2.24) is 0 Å². The van der Waals surface area contributed by atoms with E-state index in [1.807, 2.05) is 12.1 Å². The van der Waals surface area contributed by atoms with Crippen molar-refractivity contribution in [3.63, 3.8) is 0 Å². The molecule has 0 aliphatic heterocycles. The first-order chi connectivity index (χ1) is 6.26.